The number of hydrogen-bond donors (Lipinski definition) is 1. The summed E-state index contributed by atoms with van der Waals surface area (Å²) in [6.07, 6.45) is 0.570. The minimum atomic E-state index is -0.550. The van der Waals surface area contributed by atoms with Gasteiger partial charge < -0.3 is 5.32 Å². The Balaban J connectivity index is 1.71. The lowest BCUT2D eigenvalue weighted by Crippen LogP contribution is -2.28. The van der Waals surface area contributed by atoms with E-state index in [1.165, 1.54) is 16.8 Å². The number of aryl methyl sites for hydroxylation is 1. The average Bonchev–Trinajstić information content (AvgIpc) is 3.04. The molecule has 0 unspecified atom stereocenters. The predicted molar refractivity (Wildman–Crippen MR) is 108 cm³/mol. The molecular formula is C19H16Cl3FN4O. The second-order valence-electron chi connectivity index (χ2n) is 6.05. The van der Waals surface area contributed by atoms with Gasteiger partial charge in [0.15, 0.2) is 5.82 Å². The smallest absolute Gasteiger partial charge is 0.242 e. The van der Waals surface area contributed by atoms with Crippen LogP contribution >= 0.6 is 34.8 Å². The number of nitrogens with zero attached hydrogens (tertiary/aromatic N) is 3. The summed E-state index contributed by atoms with van der Waals surface area (Å²) in [5, 5.41) is 8.16. The van der Waals surface area contributed by atoms with Crippen molar-refractivity contribution in [2.24, 2.45) is 0 Å². The van der Waals surface area contributed by atoms with Crippen LogP contribution in [-0.2, 0) is 24.3 Å². The normalized spacial score (nSPS) is 10.9. The zero-order chi connectivity index (χ0) is 20.3. The minimum Gasteiger partial charge on any atom is -0.350 e. The first-order valence-corrected chi connectivity index (χ1v) is 9.60. The SMILES string of the molecule is CCc1nc(-c2ccc(Cl)c(F)c2)nn1CC(=O)NCc1cc(Cl)cc(Cl)c1. The fourth-order valence-corrected chi connectivity index (χ4v) is 3.31. The van der Waals surface area contributed by atoms with Crippen LogP contribution in [0.5, 0.6) is 0 Å². The molecule has 5 nitrogen and oxygen atoms in total. The van der Waals surface area contributed by atoms with E-state index in [4.69, 9.17) is 34.8 Å². The fraction of sp³-hybridized carbons (Fsp3) is 0.211. The number of aromatic nitrogens is 3. The number of halogens is 4. The zero-order valence-electron chi connectivity index (χ0n) is 14.8. The van der Waals surface area contributed by atoms with E-state index in [0.29, 0.717) is 33.7 Å². The number of carbonyl (C=O) groups excluding carboxylic acids is 1. The van der Waals surface area contributed by atoms with Gasteiger partial charge in [-0.2, -0.15) is 5.10 Å². The van der Waals surface area contributed by atoms with Crippen molar-refractivity contribution in [1.29, 1.82) is 0 Å². The molecule has 0 saturated carbocycles. The molecule has 0 bridgehead atoms. The first kappa shape index (κ1) is 20.6. The van der Waals surface area contributed by atoms with Gasteiger partial charge in [0.25, 0.3) is 0 Å². The molecule has 1 N–H and O–H groups in total. The molecule has 1 heterocycles. The lowest BCUT2D eigenvalue weighted by molar-refractivity contribution is -0.122. The molecule has 3 aromatic rings. The molecule has 0 aliphatic rings. The molecule has 0 radical (unpaired) electrons. The Morgan fingerprint density at radius 3 is 2.50 bits per heavy atom. The van der Waals surface area contributed by atoms with Crippen molar-refractivity contribution in [2.45, 2.75) is 26.4 Å². The van der Waals surface area contributed by atoms with Gasteiger partial charge in [0.1, 0.15) is 18.2 Å². The molecule has 0 aliphatic carbocycles. The molecule has 9 heteroatoms. The van der Waals surface area contributed by atoms with Crippen LogP contribution in [0.25, 0.3) is 11.4 Å². The number of nitrogens with one attached hydrogen (secondary N) is 1. The lowest BCUT2D eigenvalue weighted by Gasteiger charge is -2.07. The average molecular weight is 442 g/mol. The quantitative estimate of drug-likeness (QED) is 0.590. The number of benzene rings is 2. The van der Waals surface area contributed by atoms with Crippen LogP contribution in [0.4, 0.5) is 4.39 Å². The summed E-state index contributed by atoms with van der Waals surface area (Å²) in [6, 6.07) is 9.43. The Morgan fingerprint density at radius 2 is 1.86 bits per heavy atom. The van der Waals surface area contributed by atoms with Gasteiger partial charge in [-0.3, -0.25) is 4.79 Å². The maximum Gasteiger partial charge on any atom is 0.242 e. The second-order valence-corrected chi connectivity index (χ2v) is 7.33. The van der Waals surface area contributed by atoms with Gasteiger partial charge in [-0.25, -0.2) is 14.1 Å². The van der Waals surface area contributed by atoms with E-state index in [1.807, 2.05) is 6.92 Å². The Morgan fingerprint density at radius 1 is 1.14 bits per heavy atom. The van der Waals surface area contributed by atoms with Crippen molar-refractivity contribution in [3.8, 4) is 11.4 Å². The molecule has 2 aromatic carbocycles. The molecule has 3 rings (SSSR count). The highest BCUT2D eigenvalue weighted by Crippen LogP contribution is 2.22. The number of carbonyl (C=O) groups is 1. The summed E-state index contributed by atoms with van der Waals surface area (Å²) in [7, 11) is 0. The van der Waals surface area contributed by atoms with Gasteiger partial charge in [0, 0.05) is 28.6 Å². The summed E-state index contributed by atoms with van der Waals surface area (Å²) in [5.41, 5.74) is 1.28. The highest BCUT2D eigenvalue weighted by Gasteiger charge is 2.14. The van der Waals surface area contributed by atoms with E-state index in [-0.39, 0.29) is 24.0 Å². The third kappa shape index (κ3) is 5.01. The summed E-state index contributed by atoms with van der Waals surface area (Å²) in [4.78, 5) is 16.7. The monoisotopic (exact) mass is 440 g/mol. The van der Waals surface area contributed by atoms with Crippen LogP contribution in [0.1, 0.15) is 18.3 Å². The minimum absolute atomic E-state index is 0.0134. The van der Waals surface area contributed by atoms with Crippen molar-refractivity contribution in [3.63, 3.8) is 0 Å². The van der Waals surface area contributed by atoms with Crippen LogP contribution in [-0.4, -0.2) is 20.7 Å². The van der Waals surface area contributed by atoms with Crippen LogP contribution in [0.3, 0.4) is 0 Å². The molecule has 0 atom stereocenters. The van der Waals surface area contributed by atoms with E-state index in [1.54, 1.807) is 24.3 Å². The summed E-state index contributed by atoms with van der Waals surface area (Å²) >= 11 is 17.6. The van der Waals surface area contributed by atoms with E-state index in [9.17, 15) is 9.18 Å². The maximum atomic E-state index is 13.7. The second kappa shape index (κ2) is 8.90. The Labute approximate surface area is 176 Å². The lowest BCUT2D eigenvalue weighted by atomic mass is 10.2. The predicted octanol–water partition coefficient (Wildman–Crippen LogP) is 4.92. The van der Waals surface area contributed by atoms with E-state index >= 15 is 0 Å². The van der Waals surface area contributed by atoms with Gasteiger partial charge in [-0.1, -0.05) is 41.7 Å². The highest BCUT2D eigenvalue weighted by atomic mass is 35.5. The Bertz CT molecular complexity index is 1000. The van der Waals surface area contributed by atoms with Crippen molar-refractivity contribution >= 4 is 40.7 Å². The molecular weight excluding hydrogens is 426 g/mol. The molecule has 1 aromatic heterocycles. The third-order valence-corrected chi connectivity index (χ3v) is 4.69. The topological polar surface area (TPSA) is 59.8 Å². The Hall–Kier alpha value is -2.15. The van der Waals surface area contributed by atoms with Crippen LogP contribution in [0, 0.1) is 5.82 Å². The molecule has 0 saturated heterocycles. The van der Waals surface area contributed by atoms with Gasteiger partial charge in [-0.15, -0.1) is 0 Å². The van der Waals surface area contributed by atoms with Crippen molar-refractivity contribution in [1.82, 2.24) is 20.1 Å². The molecule has 0 spiro atoms. The van der Waals surface area contributed by atoms with Crippen molar-refractivity contribution in [2.75, 3.05) is 0 Å². The van der Waals surface area contributed by atoms with Crippen LogP contribution in [0.15, 0.2) is 36.4 Å². The molecule has 28 heavy (non-hydrogen) atoms. The first-order valence-electron chi connectivity index (χ1n) is 8.46. The summed E-state index contributed by atoms with van der Waals surface area (Å²) < 4.78 is 15.2. The zero-order valence-corrected chi connectivity index (χ0v) is 17.1. The van der Waals surface area contributed by atoms with E-state index < -0.39 is 5.82 Å². The molecule has 0 fully saturated rings. The molecule has 0 aliphatic heterocycles. The number of amides is 1. The van der Waals surface area contributed by atoms with Crippen molar-refractivity contribution in [3.05, 3.63) is 68.7 Å². The van der Waals surface area contributed by atoms with E-state index in [0.717, 1.165) is 5.56 Å². The van der Waals surface area contributed by atoms with Gasteiger partial charge in [0.2, 0.25) is 5.91 Å². The highest BCUT2D eigenvalue weighted by molar-refractivity contribution is 6.34. The van der Waals surface area contributed by atoms with Crippen molar-refractivity contribution < 1.29 is 9.18 Å². The first-order chi connectivity index (χ1) is 13.4. The maximum absolute atomic E-state index is 13.7. The summed E-state index contributed by atoms with van der Waals surface area (Å²) in [5.74, 6) is 0.157. The molecule has 1 amide bonds. The van der Waals surface area contributed by atoms with Gasteiger partial charge in [0.05, 0.1) is 5.02 Å². The fourth-order valence-electron chi connectivity index (χ4n) is 2.63. The Kier molecular flexibility index (Phi) is 6.54. The number of rotatable bonds is 6. The van der Waals surface area contributed by atoms with Gasteiger partial charge >= 0.3 is 0 Å². The van der Waals surface area contributed by atoms with Gasteiger partial charge in [-0.05, 0) is 42.0 Å². The summed E-state index contributed by atoms with van der Waals surface area (Å²) in [6.45, 7) is 2.17. The molecule has 146 valence electrons. The number of hydrogen-bond acceptors (Lipinski definition) is 3. The standard InChI is InChI=1S/C19H16Cl3FN4O/c1-2-17-25-19(12-3-4-15(22)16(23)7-12)26-27(17)10-18(28)24-9-11-5-13(20)8-14(21)6-11/h3-8H,2,9-10H2,1H3,(H,24,28). The third-order valence-electron chi connectivity index (χ3n) is 3.95. The van der Waals surface area contributed by atoms with Crippen LogP contribution in [0.2, 0.25) is 15.1 Å². The van der Waals surface area contributed by atoms with E-state index in [2.05, 4.69) is 15.4 Å². The van der Waals surface area contributed by atoms with Crippen LogP contribution < -0.4 is 5.32 Å². The largest absolute Gasteiger partial charge is 0.350 e.